The van der Waals surface area contributed by atoms with Gasteiger partial charge in [0.2, 0.25) is 0 Å². The smallest absolute Gasteiger partial charge is 0.378 e. The van der Waals surface area contributed by atoms with Gasteiger partial charge in [0, 0.05) is 11.6 Å². The van der Waals surface area contributed by atoms with E-state index in [1.54, 1.807) is 12.1 Å². The lowest BCUT2D eigenvalue weighted by Crippen LogP contribution is -2.15. The average Bonchev–Trinajstić information content (AvgIpc) is 2.45. The fourth-order valence-electron chi connectivity index (χ4n) is 1.57. The number of ketones is 1. The average molecular weight is 264 g/mol. The van der Waals surface area contributed by atoms with Crippen LogP contribution in [0.25, 0.3) is 5.76 Å². The number of hydrogen-bond acceptors (Lipinski definition) is 6. The van der Waals surface area contributed by atoms with Gasteiger partial charge < -0.3 is 19.3 Å². The van der Waals surface area contributed by atoms with Gasteiger partial charge in [-0.1, -0.05) is 0 Å². The molecule has 1 aromatic carbocycles. The molecule has 2 rings (SSSR count). The molecule has 0 spiro atoms. The van der Waals surface area contributed by atoms with Crippen molar-refractivity contribution >= 4 is 17.5 Å². The number of hydrogen-bond donors (Lipinski definition) is 1. The molecular weight excluding hydrogens is 252 g/mol. The van der Waals surface area contributed by atoms with Crippen LogP contribution in [-0.4, -0.2) is 37.2 Å². The van der Waals surface area contributed by atoms with Crippen LogP contribution in [0.1, 0.15) is 5.56 Å². The maximum Gasteiger partial charge on any atom is 0.378 e. The molecule has 0 bridgehead atoms. The first-order valence-corrected chi connectivity index (χ1v) is 5.55. The summed E-state index contributed by atoms with van der Waals surface area (Å²) in [5.74, 6) is -1.26. The van der Waals surface area contributed by atoms with Crippen LogP contribution in [0, 0.1) is 0 Å². The summed E-state index contributed by atoms with van der Waals surface area (Å²) in [5.41, 5.74) is 0.349. The quantitative estimate of drug-likeness (QED) is 0.381. The van der Waals surface area contributed by atoms with Crippen molar-refractivity contribution in [2.75, 3.05) is 20.3 Å². The van der Waals surface area contributed by atoms with Crippen LogP contribution < -0.4 is 9.47 Å². The minimum Gasteiger partial charge on any atom is -0.507 e. The molecular formula is C13H12O6. The minimum atomic E-state index is -1.04. The molecule has 1 aromatic rings. The summed E-state index contributed by atoms with van der Waals surface area (Å²) in [6, 6.07) is 4.71. The van der Waals surface area contributed by atoms with Crippen molar-refractivity contribution in [3.05, 3.63) is 29.8 Å². The Balaban J connectivity index is 2.24. The van der Waals surface area contributed by atoms with Crippen molar-refractivity contribution in [3.8, 4) is 11.5 Å². The first-order valence-electron chi connectivity index (χ1n) is 5.55. The molecule has 1 aliphatic heterocycles. The fraction of sp³-hybridized carbons (Fsp3) is 0.231. The van der Waals surface area contributed by atoms with Crippen molar-refractivity contribution in [1.29, 1.82) is 0 Å². The second-order valence-corrected chi connectivity index (χ2v) is 3.74. The Morgan fingerprint density at radius 2 is 1.95 bits per heavy atom. The summed E-state index contributed by atoms with van der Waals surface area (Å²) in [4.78, 5) is 22.2. The van der Waals surface area contributed by atoms with Crippen molar-refractivity contribution in [2.24, 2.45) is 0 Å². The Hall–Kier alpha value is -2.50. The van der Waals surface area contributed by atoms with Crippen molar-refractivity contribution in [1.82, 2.24) is 0 Å². The first-order chi connectivity index (χ1) is 9.11. The van der Waals surface area contributed by atoms with Crippen LogP contribution in [0.2, 0.25) is 0 Å². The van der Waals surface area contributed by atoms with Gasteiger partial charge in [-0.2, -0.15) is 0 Å². The molecule has 6 heteroatoms. The molecule has 0 aromatic heterocycles. The summed E-state index contributed by atoms with van der Waals surface area (Å²) < 4.78 is 14.9. The van der Waals surface area contributed by atoms with Crippen molar-refractivity contribution in [2.45, 2.75) is 0 Å². The van der Waals surface area contributed by atoms with Gasteiger partial charge in [-0.05, 0) is 18.2 Å². The van der Waals surface area contributed by atoms with Crippen LogP contribution in [0.3, 0.4) is 0 Å². The van der Waals surface area contributed by atoms with Crippen molar-refractivity contribution in [3.63, 3.8) is 0 Å². The largest absolute Gasteiger partial charge is 0.507 e. The number of methoxy groups -OCH3 is 1. The lowest BCUT2D eigenvalue weighted by Gasteiger charge is -2.18. The van der Waals surface area contributed by atoms with E-state index in [4.69, 9.17) is 9.47 Å². The second kappa shape index (κ2) is 5.43. The summed E-state index contributed by atoms with van der Waals surface area (Å²) in [6.45, 7) is 0.886. The van der Waals surface area contributed by atoms with Gasteiger partial charge in [0.25, 0.3) is 5.78 Å². The topological polar surface area (TPSA) is 82.1 Å². The van der Waals surface area contributed by atoms with E-state index in [2.05, 4.69) is 4.74 Å². The van der Waals surface area contributed by atoms with Crippen LogP contribution in [0.15, 0.2) is 24.3 Å². The number of rotatable bonds is 3. The molecule has 0 unspecified atom stereocenters. The molecule has 1 heterocycles. The predicted octanol–water partition coefficient (Wildman–Crippen LogP) is 1.10. The highest BCUT2D eigenvalue weighted by atomic mass is 16.6. The van der Waals surface area contributed by atoms with Crippen LogP contribution >= 0.6 is 0 Å². The molecule has 19 heavy (non-hydrogen) atoms. The summed E-state index contributed by atoms with van der Waals surface area (Å²) in [7, 11) is 1.09. The number of carbonyl (C=O) groups excluding carboxylic acids is 2. The monoisotopic (exact) mass is 264 g/mol. The van der Waals surface area contributed by atoms with Gasteiger partial charge in [0.1, 0.15) is 19.0 Å². The summed E-state index contributed by atoms with van der Waals surface area (Å²) >= 11 is 0. The molecule has 0 radical (unpaired) electrons. The number of aliphatic hydroxyl groups excluding tert-OH is 1. The third-order valence-corrected chi connectivity index (χ3v) is 2.49. The zero-order valence-corrected chi connectivity index (χ0v) is 10.2. The Kier molecular flexibility index (Phi) is 3.70. The molecule has 0 saturated heterocycles. The van der Waals surface area contributed by atoms with E-state index in [0.717, 1.165) is 13.2 Å². The zero-order valence-electron chi connectivity index (χ0n) is 10.2. The Labute approximate surface area is 109 Å². The predicted molar refractivity (Wildman–Crippen MR) is 65.1 cm³/mol. The molecule has 0 atom stereocenters. The Morgan fingerprint density at radius 1 is 1.26 bits per heavy atom. The molecule has 1 aliphatic rings. The lowest BCUT2D eigenvalue weighted by molar-refractivity contribution is -0.149. The third-order valence-electron chi connectivity index (χ3n) is 2.49. The van der Waals surface area contributed by atoms with Gasteiger partial charge in [-0.25, -0.2) is 4.79 Å². The molecule has 100 valence electrons. The van der Waals surface area contributed by atoms with E-state index in [-0.39, 0.29) is 5.76 Å². The van der Waals surface area contributed by atoms with E-state index in [9.17, 15) is 14.7 Å². The molecule has 1 N–H and O–H groups in total. The van der Waals surface area contributed by atoms with E-state index in [1.165, 1.54) is 6.07 Å². The van der Waals surface area contributed by atoms with Gasteiger partial charge in [-0.15, -0.1) is 0 Å². The second-order valence-electron chi connectivity index (χ2n) is 3.74. The van der Waals surface area contributed by atoms with Crippen LogP contribution in [-0.2, 0) is 14.3 Å². The van der Waals surface area contributed by atoms with Gasteiger partial charge in [-0.3, -0.25) is 4.79 Å². The molecule has 6 nitrogen and oxygen atoms in total. The zero-order chi connectivity index (χ0) is 13.8. The normalized spacial score (nSPS) is 13.8. The van der Waals surface area contributed by atoms with Crippen LogP contribution in [0.4, 0.5) is 0 Å². The van der Waals surface area contributed by atoms with E-state index >= 15 is 0 Å². The number of esters is 1. The van der Waals surface area contributed by atoms with E-state index < -0.39 is 11.8 Å². The molecule has 0 fully saturated rings. The number of carbonyl (C=O) groups is 2. The highest BCUT2D eigenvalue weighted by Gasteiger charge is 2.16. The standard InChI is InChI=1S/C13H12O6/c1-17-13(16)10(15)7-9(14)8-2-3-11-12(6-8)19-5-4-18-11/h2-3,6-7,14H,4-5H2,1H3. The van der Waals surface area contributed by atoms with Gasteiger partial charge in [0.15, 0.2) is 11.5 Å². The summed E-state index contributed by atoms with van der Waals surface area (Å²) in [6.07, 6.45) is 0.803. The van der Waals surface area contributed by atoms with E-state index in [1.807, 2.05) is 0 Å². The Morgan fingerprint density at radius 3 is 2.63 bits per heavy atom. The van der Waals surface area contributed by atoms with E-state index in [0.29, 0.717) is 30.3 Å². The highest BCUT2D eigenvalue weighted by Crippen LogP contribution is 2.32. The third kappa shape index (κ3) is 2.85. The number of ether oxygens (including phenoxy) is 3. The number of aliphatic hydroxyl groups is 1. The molecule has 0 saturated carbocycles. The summed E-state index contributed by atoms with van der Waals surface area (Å²) in [5, 5.41) is 9.77. The van der Waals surface area contributed by atoms with Gasteiger partial charge in [0.05, 0.1) is 7.11 Å². The van der Waals surface area contributed by atoms with Crippen LogP contribution in [0.5, 0.6) is 11.5 Å². The first kappa shape index (κ1) is 12.9. The lowest BCUT2D eigenvalue weighted by atomic mass is 10.1. The fourth-order valence-corrected chi connectivity index (χ4v) is 1.57. The molecule has 0 amide bonds. The van der Waals surface area contributed by atoms with Crippen molar-refractivity contribution < 1.29 is 28.9 Å². The maximum absolute atomic E-state index is 11.3. The molecule has 0 aliphatic carbocycles. The minimum absolute atomic E-state index is 0.340. The Bertz CT molecular complexity index is 546. The SMILES string of the molecule is COC(=O)C(=O)C=C(O)c1ccc2c(c1)OCCO2. The van der Waals surface area contributed by atoms with Gasteiger partial charge >= 0.3 is 5.97 Å². The number of fused-ring (bicyclic) bond motifs is 1. The number of benzene rings is 1. The maximum atomic E-state index is 11.3. The highest BCUT2D eigenvalue weighted by molar-refractivity contribution is 6.39.